The second kappa shape index (κ2) is 8.24. The number of nitro benzene ring substituents is 1. The minimum atomic E-state index is -0.541. The molecule has 0 aromatic heterocycles. The van der Waals surface area contributed by atoms with E-state index in [1.54, 1.807) is 6.92 Å². The van der Waals surface area contributed by atoms with Crippen molar-refractivity contribution in [2.24, 2.45) is 5.92 Å². The van der Waals surface area contributed by atoms with E-state index in [4.69, 9.17) is 4.74 Å². The Bertz CT molecular complexity index is 500. The number of ether oxygens (including phenoxy) is 1. The Kier molecular flexibility index (Phi) is 6.65. The van der Waals surface area contributed by atoms with Gasteiger partial charge in [0, 0.05) is 18.2 Å². The van der Waals surface area contributed by atoms with Gasteiger partial charge in [0.15, 0.2) is 5.75 Å². The molecule has 0 radical (unpaired) electrons. The van der Waals surface area contributed by atoms with Crippen LogP contribution in [0.2, 0.25) is 0 Å². The summed E-state index contributed by atoms with van der Waals surface area (Å²) in [6.07, 6.45) is 1.92. The van der Waals surface area contributed by atoms with Crippen LogP contribution in [0.4, 0.5) is 5.69 Å². The molecule has 1 aromatic carbocycles. The van der Waals surface area contributed by atoms with Crippen LogP contribution in [0.1, 0.15) is 44.0 Å². The van der Waals surface area contributed by atoms with E-state index in [2.05, 4.69) is 19.2 Å². The maximum Gasteiger partial charge on any atom is 0.311 e. The lowest BCUT2D eigenvalue weighted by molar-refractivity contribution is -0.385. The normalized spacial score (nSPS) is 10.5. The van der Waals surface area contributed by atoms with Crippen molar-refractivity contribution in [1.82, 2.24) is 5.32 Å². The van der Waals surface area contributed by atoms with Crippen molar-refractivity contribution in [2.45, 2.75) is 33.6 Å². The average molecular weight is 294 g/mol. The van der Waals surface area contributed by atoms with Gasteiger partial charge in [-0.05, 0) is 37.8 Å². The minimum Gasteiger partial charge on any atom is -0.487 e. The summed E-state index contributed by atoms with van der Waals surface area (Å²) in [4.78, 5) is 22.4. The Morgan fingerprint density at radius 3 is 2.71 bits per heavy atom. The molecule has 0 saturated carbocycles. The maximum atomic E-state index is 12.0. The van der Waals surface area contributed by atoms with Gasteiger partial charge in [-0.1, -0.05) is 13.8 Å². The SMILES string of the molecule is CCOc1ccc(C(=O)NCCCC(C)C)cc1[N+](=O)[O-]. The molecule has 0 bridgehead atoms. The molecule has 0 spiro atoms. The van der Waals surface area contributed by atoms with Crippen molar-refractivity contribution >= 4 is 11.6 Å². The van der Waals surface area contributed by atoms with Crippen LogP contribution in [0, 0.1) is 16.0 Å². The van der Waals surface area contributed by atoms with Crippen LogP contribution < -0.4 is 10.1 Å². The molecule has 6 heteroatoms. The molecular weight excluding hydrogens is 272 g/mol. The lowest BCUT2D eigenvalue weighted by Gasteiger charge is -2.08. The Morgan fingerprint density at radius 2 is 2.14 bits per heavy atom. The molecule has 1 amide bonds. The molecule has 0 aliphatic rings. The molecule has 0 aliphatic heterocycles. The third-order valence-corrected chi connectivity index (χ3v) is 2.96. The first-order valence-electron chi connectivity index (χ1n) is 7.15. The second-order valence-corrected chi connectivity index (χ2v) is 5.16. The summed E-state index contributed by atoms with van der Waals surface area (Å²) < 4.78 is 5.18. The van der Waals surface area contributed by atoms with Crippen LogP contribution in [-0.4, -0.2) is 24.0 Å². The fourth-order valence-electron chi connectivity index (χ4n) is 1.89. The summed E-state index contributed by atoms with van der Waals surface area (Å²) >= 11 is 0. The molecule has 6 nitrogen and oxygen atoms in total. The Balaban J connectivity index is 2.72. The first-order valence-corrected chi connectivity index (χ1v) is 7.15. The number of amides is 1. The number of carbonyl (C=O) groups excluding carboxylic acids is 1. The van der Waals surface area contributed by atoms with Crippen LogP contribution in [0.5, 0.6) is 5.75 Å². The Morgan fingerprint density at radius 1 is 1.43 bits per heavy atom. The van der Waals surface area contributed by atoms with Crippen molar-refractivity contribution in [2.75, 3.05) is 13.2 Å². The number of nitro groups is 1. The Hall–Kier alpha value is -2.11. The highest BCUT2D eigenvalue weighted by atomic mass is 16.6. The number of carbonyl (C=O) groups is 1. The van der Waals surface area contributed by atoms with E-state index in [1.807, 2.05) is 0 Å². The summed E-state index contributed by atoms with van der Waals surface area (Å²) in [5.41, 5.74) is 0.0846. The van der Waals surface area contributed by atoms with Gasteiger partial charge < -0.3 is 10.1 Å². The number of nitrogens with zero attached hydrogens (tertiary/aromatic N) is 1. The van der Waals surface area contributed by atoms with E-state index in [9.17, 15) is 14.9 Å². The summed E-state index contributed by atoms with van der Waals surface area (Å²) in [6.45, 7) is 6.90. The van der Waals surface area contributed by atoms with Crippen molar-refractivity contribution in [3.63, 3.8) is 0 Å². The van der Waals surface area contributed by atoms with Gasteiger partial charge in [0.05, 0.1) is 11.5 Å². The van der Waals surface area contributed by atoms with Gasteiger partial charge in [0.2, 0.25) is 0 Å². The van der Waals surface area contributed by atoms with Crippen LogP contribution in [0.15, 0.2) is 18.2 Å². The zero-order chi connectivity index (χ0) is 15.8. The molecule has 0 heterocycles. The Labute approximate surface area is 124 Å². The number of nitrogens with one attached hydrogen (secondary N) is 1. The number of rotatable bonds is 8. The van der Waals surface area contributed by atoms with Gasteiger partial charge in [-0.3, -0.25) is 14.9 Å². The first-order chi connectivity index (χ1) is 9.95. The van der Waals surface area contributed by atoms with Crippen molar-refractivity contribution in [3.8, 4) is 5.75 Å². The molecule has 1 aromatic rings. The summed E-state index contributed by atoms with van der Waals surface area (Å²) in [7, 11) is 0. The van der Waals surface area contributed by atoms with E-state index in [1.165, 1.54) is 18.2 Å². The molecule has 0 atom stereocenters. The van der Waals surface area contributed by atoms with E-state index in [0.717, 1.165) is 12.8 Å². The molecule has 0 aliphatic carbocycles. The highest BCUT2D eigenvalue weighted by molar-refractivity contribution is 5.95. The van der Waals surface area contributed by atoms with Crippen molar-refractivity contribution in [3.05, 3.63) is 33.9 Å². The van der Waals surface area contributed by atoms with E-state index >= 15 is 0 Å². The van der Waals surface area contributed by atoms with Gasteiger partial charge in [-0.15, -0.1) is 0 Å². The molecule has 21 heavy (non-hydrogen) atoms. The van der Waals surface area contributed by atoms with Crippen LogP contribution in [0.3, 0.4) is 0 Å². The second-order valence-electron chi connectivity index (χ2n) is 5.16. The van der Waals surface area contributed by atoms with Crippen LogP contribution >= 0.6 is 0 Å². The molecular formula is C15H22N2O4. The molecule has 116 valence electrons. The van der Waals surface area contributed by atoms with Crippen LogP contribution in [0.25, 0.3) is 0 Å². The quantitative estimate of drug-likeness (QED) is 0.453. The van der Waals surface area contributed by atoms with Gasteiger partial charge in [0.1, 0.15) is 0 Å². The van der Waals surface area contributed by atoms with Gasteiger partial charge in [-0.25, -0.2) is 0 Å². The van der Waals surface area contributed by atoms with Gasteiger partial charge >= 0.3 is 5.69 Å². The van der Waals surface area contributed by atoms with Gasteiger partial charge in [0.25, 0.3) is 5.91 Å². The molecule has 1 N–H and O–H groups in total. The van der Waals surface area contributed by atoms with Gasteiger partial charge in [-0.2, -0.15) is 0 Å². The number of benzene rings is 1. The highest BCUT2D eigenvalue weighted by Gasteiger charge is 2.18. The third kappa shape index (κ3) is 5.41. The molecule has 0 fully saturated rings. The highest BCUT2D eigenvalue weighted by Crippen LogP contribution is 2.27. The minimum absolute atomic E-state index is 0.179. The maximum absolute atomic E-state index is 12.0. The lowest BCUT2D eigenvalue weighted by atomic mass is 10.1. The van der Waals surface area contributed by atoms with Crippen molar-refractivity contribution in [1.29, 1.82) is 0 Å². The average Bonchev–Trinajstić information content (AvgIpc) is 2.43. The molecule has 0 unspecified atom stereocenters. The standard InChI is InChI=1S/C15H22N2O4/c1-4-21-14-8-7-12(10-13(14)17(19)20)15(18)16-9-5-6-11(2)3/h7-8,10-11H,4-6,9H2,1-3H3,(H,16,18). The van der Waals surface area contributed by atoms with E-state index < -0.39 is 4.92 Å². The lowest BCUT2D eigenvalue weighted by Crippen LogP contribution is -2.24. The predicted molar refractivity (Wildman–Crippen MR) is 80.7 cm³/mol. The smallest absolute Gasteiger partial charge is 0.311 e. The van der Waals surface area contributed by atoms with E-state index in [-0.39, 0.29) is 22.9 Å². The summed E-state index contributed by atoms with van der Waals surface area (Å²) in [5, 5.41) is 13.8. The zero-order valence-electron chi connectivity index (χ0n) is 12.7. The predicted octanol–water partition coefficient (Wildman–Crippen LogP) is 3.16. The third-order valence-electron chi connectivity index (χ3n) is 2.96. The fraction of sp³-hybridized carbons (Fsp3) is 0.533. The first kappa shape index (κ1) is 16.9. The number of hydrogen-bond donors (Lipinski definition) is 1. The summed E-state index contributed by atoms with van der Waals surface area (Å²) in [6, 6.07) is 4.25. The number of hydrogen-bond acceptors (Lipinski definition) is 4. The van der Waals surface area contributed by atoms with Crippen molar-refractivity contribution < 1.29 is 14.5 Å². The molecule has 1 rings (SSSR count). The van der Waals surface area contributed by atoms with Crippen LogP contribution in [-0.2, 0) is 0 Å². The topological polar surface area (TPSA) is 81.5 Å². The largest absolute Gasteiger partial charge is 0.487 e. The van der Waals surface area contributed by atoms with E-state index in [0.29, 0.717) is 19.1 Å². The summed E-state index contributed by atoms with van der Waals surface area (Å²) in [5.74, 6) is 0.470. The fourth-order valence-corrected chi connectivity index (χ4v) is 1.89. The monoisotopic (exact) mass is 294 g/mol. The molecule has 0 saturated heterocycles. The zero-order valence-corrected chi connectivity index (χ0v) is 12.7.